The second-order valence-electron chi connectivity index (χ2n) is 7.11. The molecule has 0 N–H and O–H groups in total. The molecular formula is C20H19Cl3N2O4S. The molecule has 2 aliphatic rings. The number of morpholine rings is 1. The van der Waals surface area contributed by atoms with Gasteiger partial charge in [0.2, 0.25) is 10.0 Å². The molecule has 10 heteroatoms. The molecule has 0 unspecified atom stereocenters. The van der Waals surface area contributed by atoms with E-state index in [2.05, 4.69) is 0 Å². The van der Waals surface area contributed by atoms with Crippen molar-refractivity contribution in [3.05, 3.63) is 56.5 Å². The first-order valence-corrected chi connectivity index (χ1v) is 12.0. The van der Waals surface area contributed by atoms with Crippen LogP contribution in [-0.4, -0.2) is 51.5 Å². The number of carbonyl (C=O) groups is 1. The van der Waals surface area contributed by atoms with Crippen LogP contribution in [0.25, 0.3) is 0 Å². The number of amides is 1. The standard InChI is InChI=1S/C20H19Cl3N2O4S/c21-14-3-4-18-13(10-14)2-1-5-25(18)20(26)15-11-19(17(23)12-16(15)22)30(27,28)24-6-8-29-9-7-24/h3-4,10-12H,1-2,5-9H2. The molecule has 1 fully saturated rings. The fourth-order valence-corrected chi connectivity index (χ4v) is 6.17. The van der Waals surface area contributed by atoms with Crippen LogP contribution in [0.2, 0.25) is 15.1 Å². The molecule has 2 aliphatic heterocycles. The van der Waals surface area contributed by atoms with Crippen LogP contribution in [-0.2, 0) is 21.2 Å². The molecule has 160 valence electrons. The molecular weight excluding hydrogens is 471 g/mol. The summed E-state index contributed by atoms with van der Waals surface area (Å²) >= 11 is 18.6. The average molecular weight is 490 g/mol. The first-order chi connectivity index (χ1) is 14.3. The van der Waals surface area contributed by atoms with Crippen LogP contribution in [0, 0.1) is 0 Å². The molecule has 0 radical (unpaired) electrons. The third kappa shape index (κ3) is 4.07. The Labute approximate surface area is 190 Å². The molecule has 1 amide bonds. The van der Waals surface area contributed by atoms with Crippen LogP contribution >= 0.6 is 34.8 Å². The first-order valence-electron chi connectivity index (χ1n) is 9.46. The molecule has 6 nitrogen and oxygen atoms in total. The number of carbonyl (C=O) groups excluding carboxylic acids is 1. The van der Waals surface area contributed by atoms with Gasteiger partial charge >= 0.3 is 0 Å². The number of hydrogen-bond donors (Lipinski definition) is 0. The number of benzene rings is 2. The Morgan fingerprint density at radius 3 is 2.43 bits per heavy atom. The Morgan fingerprint density at radius 2 is 1.70 bits per heavy atom. The number of ether oxygens (including phenoxy) is 1. The number of anilines is 1. The van der Waals surface area contributed by atoms with Crippen LogP contribution in [0.15, 0.2) is 35.2 Å². The zero-order chi connectivity index (χ0) is 21.5. The zero-order valence-electron chi connectivity index (χ0n) is 15.9. The van der Waals surface area contributed by atoms with Gasteiger partial charge in [-0.1, -0.05) is 34.8 Å². The lowest BCUT2D eigenvalue weighted by Gasteiger charge is -2.30. The van der Waals surface area contributed by atoms with Crippen molar-refractivity contribution in [3.8, 4) is 0 Å². The lowest BCUT2D eigenvalue weighted by molar-refractivity contribution is 0.0730. The van der Waals surface area contributed by atoms with E-state index in [9.17, 15) is 13.2 Å². The smallest absolute Gasteiger partial charge is 0.259 e. The maximum Gasteiger partial charge on any atom is 0.259 e. The summed E-state index contributed by atoms with van der Waals surface area (Å²) in [5.41, 5.74) is 1.81. The van der Waals surface area contributed by atoms with E-state index in [0.29, 0.717) is 24.8 Å². The minimum Gasteiger partial charge on any atom is -0.379 e. The van der Waals surface area contributed by atoms with Crippen molar-refractivity contribution in [1.82, 2.24) is 4.31 Å². The normalized spacial score (nSPS) is 17.6. The molecule has 0 aliphatic carbocycles. The van der Waals surface area contributed by atoms with Gasteiger partial charge in [-0.3, -0.25) is 4.79 Å². The monoisotopic (exact) mass is 488 g/mol. The number of halogens is 3. The van der Waals surface area contributed by atoms with Gasteiger partial charge in [0.25, 0.3) is 5.91 Å². The first kappa shape index (κ1) is 21.9. The lowest BCUT2D eigenvalue weighted by atomic mass is 10.0. The largest absolute Gasteiger partial charge is 0.379 e. The summed E-state index contributed by atoms with van der Waals surface area (Å²) in [4.78, 5) is 14.8. The van der Waals surface area contributed by atoms with E-state index in [0.717, 1.165) is 24.1 Å². The van der Waals surface area contributed by atoms with Gasteiger partial charge in [0.15, 0.2) is 0 Å². The molecule has 2 aromatic rings. The van der Waals surface area contributed by atoms with Gasteiger partial charge in [-0.2, -0.15) is 4.31 Å². The van der Waals surface area contributed by atoms with Gasteiger partial charge in [-0.15, -0.1) is 0 Å². The molecule has 0 aromatic heterocycles. The van der Waals surface area contributed by atoms with E-state index < -0.39 is 10.0 Å². The second kappa shape index (κ2) is 8.65. The van der Waals surface area contributed by atoms with E-state index in [1.54, 1.807) is 17.0 Å². The van der Waals surface area contributed by atoms with Gasteiger partial charge in [-0.05, 0) is 48.7 Å². The third-order valence-corrected chi connectivity index (χ3v) is 8.16. The maximum absolute atomic E-state index is 13.4. The summed E-state index contributed by atoms with van der Waals surface area (Å²) in [6, 6.07) is 7.96. The van der Waals surface area contributed by atoms with Gasteiger partial charge < -0.3 is 9.64 Å². The van der Waals surface area contributed by atoms with E-state index in [-0.39, 0.29) is 39.5 Å². The number of aryl methyl sites for hydroxylation is 1. The molecule has 0 atom stereocenters. The maximum atomic E-state index is 13.4. The fourth-order valence-electron chi connectivity index (χ4n) is 3.74. The van der Waals surface area contributed by atoms with E-state index in [1.807, 2.05) is 6.07 Å². The number of fused-ring (bicyclic) bond motifs is 1. The highest BCUT2D eigenvalue weighted by Gasteiger charge is 2.32. The van der Waals surface area contributed by atoms with Gasteiger partial charge in [0.05, 0.1) is 28.8 Å². The summed E-state index contributed by atoms with van der Waals surface area (Å²) in [7, 11) is -3.89. The van der Waals surface area contributed by atoms with Crippen molar-refractivity contribution in [2.45, 2.75) is 17.7 Å². The molecule has 1 saturated heterocycles. The van der Waals surface area contributed by atoms with Crippen LogP contribution in [0.3, 0.4) is 0 Å². The highest BCUT2D eigenvalue weighted by Crippen LogP contribution is 2.35. The van der Waals surface area contributed by atoms with Crippen LogP contribution in [0.5, 0.6) is 0 Å². The second-order valence-corrected chi connectivity index (χ2v) is 10.3. The van der Waals surface area contributed by atoms with Crippen molar-refractivity contribution < 1.29 is 17.9 Å². The minimum absolute atomic E-state index is 0.0196. The molecule has 2 heterocycles. The predicted molar refractivity (Wildman–Crippen MR) is 117 cm³/mol. The Balaban J connectivity index is 1.74. The molecule has 30 heavy (non-hydrogen) atoms. The average Bonchev–Trinajstić information content (AvgIpc) is 2.73. The highest BCUT2D eigenvalue weighted by molar-refractivity contribution is 7.89. The van der Waals surface area contributed by atoms with E-state index >= 15 is 0 Å². The van der Waals surface area contributed by atoms with Gasteiger partial charge in [0.1, 0.15) is 4.90 Å². The number of rotatable bonds is 3. The van der Waals surface area contributed by atoms with Crippen molar-refractivity contribution in [2.24, 2.45) is 0 Å². The molecule has 4 rings (SSSR count). The molecule has 0 saturated carbocycles. The lowest BCUT2D eigenvalue weighted by Crippen LogP contribution is -2.41. The summed E-state index contributed by atoms with van der Waals surface area (Å²) < 4.78 is 32.8. The predicted octanol–water partition coefficient (Wildman–Crippen LogP) is 4.26. The van der Waals surface area contributed by atoms with Crippen molar-refractivity contribution in [3.63, 3.8) is 0 Å². The Kier molecular flexibility index (Phi) is 6.30. The van der Waals surface area contributed by atoms with Crippen LogP contribution < -0.4 is 4.90 Å². The topological polar surface area (TPSA) is 66.9 Å². The fraction of sp³-hybridized carbons (Fsp3) is 0.350. The summed E-state index contributed by atoms with van der Waals surface area (Å²) in [5.74, 6) is -0.377. The quantitative estimate of drug-likeness (QED) is 0.646. The summed E-state index contributed by atoms with van der Waals surface area (Å²) in [6.07, 6.45) is 1.58. The van der Waals surface area contributed by atoms with Crippen molar-refractivity contribution in [2.75, 3.05) is 37.7 Å². The van der Waals surface area contributed by atoms with Gasteiger partial charge in [-0.25, -0.2) is 8.42 Å². The van der Waals surface area contributed by atoms with Crippen LogP contribution in [0.1, 0.15) is 22.3 Å². The highest BCUT2D eigenvalue weighted by atomic mass is 35.5. The Hall–Kier alpha value is -1.35. The Bertz CT molecular complexity index is 1100. The van der Waals surface area contributed by atoms with Crippen LogP contribution in [0.4, 0.5) is 5.69 Å². The third-order valence-electron chi connectivity index (χ3n) is 5.25. The summed E-state index contributed by atoms with van der Waals surface area (Å²) in [6.45, 7) is 1.57. The number of nitrogens with zero attached hydrogens (tertiary/aromatic N) is 2. The van der Waals surface area contributed by atoms with Crippen molar-refractivity contribution >= 4 is 56.4 Å². The Morgan fingerprint density at radius 1 is 0.967 bits per heavy atom. The molecule has 0 spiro atoms. The van der Waals surface area contributed by atoms with Crippen molar-refractivity contribution in [1.29, 1.82) is 0 Å². The molecule has 0 bridgehead atoms. The number of sulfonamides is 1. The summed E-state index contributed by atoms with van der Waals surface area (Å²) in [5, 5.41) is 0.687. The van der Waals surface area contributed by atoms with E-state index in [4.69, 9.17) is 39.5 Å². The number of hydrogen-bond acceptors (Lipinski definition) is 4. The van der Waals surface area contributed by atoms with E-state index in [1.165, 1.54) is 16.4 Å². The molecule has 2 aromatic carbocycles. The SMILES string of the molecule is O=C(c1cc(S(=O)(=O)N2CCOCC2)c(Cl)cc1Cl)N1CCCc2cc(Cl)ccc21. The minimum atomic E-state index is -3.89. The zero-order valence-corrected chi connectivity index (χ0v) is 19.0. The van der Waals surface area contributed by atoms with Gasteiger partial charge in [0, 0.05) is 30.3 Å².